The first-order chi connectivity index (χ1) is 16.6. The summed E-state index contributed by atoms with van der Waals surface area (Å²) in [6.07, 6.45) is 9.58. The van der Waals surface area contributed by atoms with Gasteiger partial charge in [0.15, 0.2) is 0 Å². The number of rotatable bonds is 11. The van der Waals surface area contributed by atoms with E-state index in [2.05, 4.69) is 43.3 Å². The number of aryl methyl sites for hydroxylation is 5. The summed E-state index contributed by atoms with van der Waals surface area (Å²) in [5.74, 6) is -0.382. The molecule has 0 bridgehead atoms. The van der Waals surface area contributed by atoms with Crippen molar-refractivity contribution in [2.45, 2.75) is 64.7 Å². The standard InChI is InChI=1S/C32H34F2/c1-2-3-4-5-6-24-7-9-25(10-8-24)11-12-27-16-22-31-29(23-27)19-18-28(32(31)34)17-13-26-14-20-30(33)21-15-26/h7-10,14-16,18-23H,2-6,11-13,17H2,1H3. The van der Waals surface area contributed by atoms with Crippen LogP contribution in [0.3, 0.4) is 0 Å². The first-order valence-electron chi connectivity index (χ1n) is 12.6. The Hall–Kier alpha value is -3.00. The fourth-order valence-corrected chi connectivity index (χ4v) is 4.58. The van der Waals surface area contributed by atoms with Gasteiger partial charge in [0.25, 0.3) is 0 Å². The van der Waals surface area contributed by atoms with Crippen LogP contribution in [0.25, 0.3) is 10.8 Å². The molecule has 0 amide bonds. The molecule has 0 aliphatic heterocycles. The van der Waals surface area contributed by atoms with E-state index in [1.807, 2.05) is 18.2 Å². The lowest BCUT2D eigenvalue weighted by Gasteiger charge is -2.09. The molecule has 4 rings (SSSR count). The minimum Gasteiger partial charge on any atom is -0.207 e. The molecular formula is C32H34F2. The van der Waals surface area contributed by atoms with Gasteiger partial charge in [-0.05, 0) is 83.9 Å². The van der Waals surface area contributed by atoms with Gasteiger partial charge in [0.05, 0.1) is 0 Å². The van der Waals surface area contributed by atoms with E-state index in [4.69, 9.17) is 0 Å². The summed E-state index contributed by atoms with van der Waals surface area (Å²) in [7, 11) is 0. The third kappa shape index (κ3) is 6.53. The molecule has 0 aliphatic carbocycles. The van der Waals surface area contributed by atoms with Gasteiger partial charge in [-0.1, -0.05) is 92.9 Å². The van der Waals surface area contributed by atoms with E-state index in [0.29, 0.717) is 23.8 Å². The number of halogens is 2. The lowest BCUT2D eigenvalue weighted by atomic mass is 9.97. The predicted molar refractivity (Wildman–Crippen MR) is 139 cm³/mol. The summed E-state index contributed by atoms with van der Waals surface area (Å²) < 4.78 is 28.2. The Kier molecular flexibility index (Phi) is 8.46. The quantitative estimate of drug-likeness (QED) is 0.198. The topological polar surface area (TPSA) is 0 Å². The summed E-state index contributed by atoms with van der Waals surface area (Å²) in [5.41, 5.74) is 5.73. The van der Waals surface area contributed by atoms with Crippen LogP contribution in [-0.4, -0.2) is 0 Å². The minimum absolute atomic E-state index is 0.138. The second-order valence-electron chi connectivity index (χ2n) is 9.35. The van der Waals surface area contributed by atoms with Crippen LogP contribution in [-0.2, 0) is 32.1 Å². The summed E-state index contributed by atoms with van der Waals surface area (Å²) in [4.78, 5) is 0. The van der Waals surface area contributed by atoms with Crippen molar-refractivity contribution >= 4 is 10.8 Å². The van der Waals surface area contributed by atoms with E-state index in [0.717, 1.165) is 23.8 Å². The van der Waals surface area contributed by atoms with Gasteiger partial charge in [-0.3, -0.25) is 0 Å². The molecule has 0 unspecified atom stereocenters. The van der Waals surface area contributed by atoms with Crippen LogP contribution in [0.1, 0.15) is 60.4 Å². The molecule has 0 spiro atoms. The van der Waals surface area contributed by atoms with Gasteiger partial charge in [0, 0.05) is 5.39 Å². The second-order valence-corrected chi connectivity index (χ2v) is 9.35. The van der Waals surface area contributed by atoms with Gasteiger partial charge < -0.3 is 0 Å². The van der Waals surface area contributed by atoms with Crippen LogP contribution in [0.15, 0.2) is 78.9 Å². The van der Waals surface area contributed by atoms with Crippen LogP contribution >= 0.6 is 0 Å². The summed E-state index contributed by atoms with van der Waals surface area (Å²) in [6, 6.07) is 25.5. The van der Waals surface area contributed by atoms with Crippen LogP contribution in [0, 0.1) is 11.6 Å². The Bertz CT molecular complexity index is 1190. The van der Waals surface area contributed by atoms with Crippen LogP contribution in [0.4, 0.5) is 8.78 Å². The second kappa shape index (κ2) is 11.9. The highest BCUT2D eigenvalue weighted by atomic mass is 19.1. The average Bonchev–Trinajstić information content (AvgIpc) is 2.87. The summed E-state index contributed by atoms with van der Waals surface area (Å²) >= 11 is 0. The first kappa shape index (κ1) is 24.1. The van der Waals surface area contributed by atoms with Crippen LogP contribution < -0.4 is 0 Å². The monoisotopic (exact) mass is 456 g/mol. The molecule has 4 aromatic carbocycles. The lowest BCUT2D eigenvalue weighted by molar-refractivity contribution is 0.619. The predicted octanol–water partition coefficient (Wildman–Crippen LogP) is 8.81. The van der Waals surface area contributed by atoms with Crippen molar-refractivity contribution in [1.29, 1.82) is 0 Å². The maximum atomic E-state index is 15.1. The minimum atomic E-state index is -0.244. The van der Waals surface area contributed by atoms with E-state index < -0.39 is 0 Å². The fraction of sp³-hybridized carbons (Fsp3) is 0.312. The molecule has 2 heteroatoms. The van der Waals surface area contributed by atoms with Crippen molar-refractivity contribution in [1.82, 2.24) is 0 Å². The molecule has 0 saturated carbocycles. The molecular weight excluding hydrogens is 422 g/mol. The van der Waals surface area contributed by atoms with Crippen LogP contribution in [0.2, 0.25) is 0 Å². The third-order valence-electron chi connectivity index (χ3n) is 6.74. The Morgan fingerprint density at radius 2 is 1.12 bits per heavy atom. The maximum absolute atomic E-state index is 15.1. The van der Waals surface area contributed by atoms with Gasteiger partial charge in [0.2, 0.25) is 0 Å². The SMILES string of the molecule is CCCCCCc1ccc(CCc2ccc3c(F)c(CCc4ccc(F)cc4)ccc3c2)cc1. The first-order valence-corrected chi connectivity index (χ1v) is 12.6. The van der Waals surface area contributed by atoms with Gasteiger partial charge >= 0.3 is 0 Å². The molecule has 0 atom stereocenters. The lowest BCUT2D eigenvalue weighted by Crippen LogP contribution is -1.97. The Balaban J connectivity index is 1.35. The highest BCUT2D eigenvalue weighted by Crippen LogP contribution is 2.24. The van der Waals surface area contributed by atoms with Crippen LogP contribution in [0.5, 0.6) is 0 Å². The zero-order valence-corrected chi connectivity index (χ0v) is 20.1. The maximum Gasteiger partial charge on any atom is 0.134 e. The average molecular weight is 457 g/mol. The molecule has 0 aromatic heterocycles. The molecule has 0 heterocycles. The van der Waals surface area contributed by atoms with E-state index >= 15 is 4.39 Å². The molecule has 0 N–H and O–H groups in total. The Morgan fingerprint density at radius 3 is 1.82 bits per heavy atom. The van der Waals surface area contributed by atoms with Gasteiger partial charge in [-0.15, -0.1) is 0 Å². The number of unbranched alkanes of at least 4 members (excludes halogenated alkanes) is 3. The van der Waals surface area contributed by atoms with Crippen molar-refractivity contribution < 1.29 is 8.78 Å². The number of hydrogen-bond acceptors (Lipinski definition) is 0. The van der Waals surface area contributed by atoms with E-state index in [1.165, 1.54) is 60.9 Å². The zero-order valence-electron chi connectivity index (χ0n) is 20.1. The molecule has 0 nitrogen and oxygen atoms in total. The summed E-state index contributed by atoms with van der Waals surface area (Å²) in [5, 5.41) is 1.62. The molecule has 0 saturated heterocycles. The number of hydrogen-bond donors (Lipinski definition) is 0. The smallest absolute Gasteiger partial charge is 0.134 e. The fourth-order valence-electron chi connectivity index (χ4n) is 4.58. The van der Waals surface area contributed by atoms with Gasteiger partial charge in [-0.25, -0.2) is 8.78 Å². The molecule has 176 valence electrons. The molecule has 0 radical (unpaired) electrons. The highest BCUT2D eigenvalue weighted by molar-refractivity contribution is 5.84. The third-order valence-corrected chi connectivity index (χ3v) is 6.74. The largest absolute Gasteiger partial charge is 0.207 e. The van der Waals surface area contributed by atoms with Gasteiger partial charge in [-0.2, -0.15) is 0 Å². The Labute approximate surface area is 202 Å². The summed E-state index contributed by atoms with van der Waals surface area (Å²) in [6.45, 7) is 2.25. The number of benzene rings is 4. The zero-order chi connectivity index (χ0) is 23.8. The molecule has 4 aromatic rings. The van der Waals surface area contributed by atoms with Crippen molar-refractivity contribution in [3.63, 3.8) is 0 Å². The molecule has 0 fully saturated rings. The molecule has 34 heavy (non-hydrogen) atoms. The Morgan fingerprint density at radius 1 is 0.529 bits per heavy atom. The normalized spacial score (nSPS) is 11.3. The van der Waals surface area contributed by atoms with Gasteiger partial charge in [0.1, 0.15) is 11.6 Å². The van der Waals surface area contributed by atoms with Crippen molar-refractivity contribution in [2.24, 2.45) is 0 Å². The van der Waals surface area contributed by atoms with Crippen molar-refractivity contribution in [3.8, 4) is 0 Å². The van der Waals surface area contributed by atoms with E-state index in [-0.39, 0.29) is 11.6 Å². The highest BCUT2D eigenvalue weighted by Gasteiger charge is 2.09. The van der Waals surface area contributed by atoms with E-state index in [9.17, 15) is 4.39 Å². The molecule has 0 aliphatic rings. The number of fused-ring (bicyclic) bond motifs is 1. The van der Waals surface area contributed by atoms with Crippen molar-refractivity contribution in [3.05, 3.63) is 118 Å². The van der Waals surface area contributed by atoms with Crippen molar-refractivity contribution in [2.75, 3.05) is 0 Å². The van der Waals surface area contributed by atoms with E-state index in [1.54, 1.807) is 12.1 Å².